The zero-order valence-electron chi connectivity index (χ0n) is 12.2. The second kappa shape index (κ2) is 5.60. The van der Waals surface area contributed by atoms with Crippen LogP contribution >= 0.6 is 0 Å². The predicted molar refractivity (Wildman–Crippen MR) is 84.6 cm³/mol. The number of aryl methyl sites for hydroxylation is 2. The minimum absolute atomic E-state index is 0.129. The Balaban J connectivity index is 2.06. The van der Waals surface area contributed by atoms with E-state index in [4.69, 9.17) is 5.84 Å². The monoisotopic (exact) mass is 278 g/mol. The quantitative estimate of drug-likeness (QED) is 0.571. The molecule has 2 heterocycles. The van der Waals surface area contributed by atoms with Crippen LogP contribution in [-0.2, 0) is 0 Å². The molecule has 4 heteroatoms. The van der Waals surface area contributed by atoms with Crippen LogP contribution in [-0.4, -0.2) is 9.97 Å². The molecule has 3 aromatic rings. The number of benzene rings is 1. The first-order valence-corrected chi connectivity index (χ1v) is 6.94. The standard InChI is InChI=1S/C17H18N4/c1-11-4-3-5-16(20-11)17(21-18)14-8-9-15-13(10-14)7-6-12(2)19-15/h3-10,17,21H,18H2,1-2H3. The molecule has 3 N–H and O–H groups in total. The maximum atomic E-state index is 5.75. The van der Waals surface area contributed by atoms with Crippen LogP contribution in [0.1, 0.15) is 28.7 Å². The molecule has 4 nitrogen and oxygen atoms in total. The molecule has 106 valence electrons. The van der Waals surface area contributed by atoms with E-state index in [-0.39, 0.29) is 6.04 Å². The Morgan fingerprint density at radius 2 is 1.76 bits per heavy atom. The highest BCUT2D eigenvalue weighted by Gasteiger charge is 2.14. The second-order valence-corrected chi connectivity index (χ2v) is 5.21. The van der Waals surface area contributed by atoms with E-state index in [1.807, 2.05) is 50.2 Å². The van der Waals surface area contributed by atoms with E-state index in [0.717, 1.165) is 33.5 Å². The SMILES string of the molecule is Cc1cccc(C(NN)c2ccc3nc(C)ccc3c2)n1. The predicted octanol–water partition coefficient (Wildman–Crippen LogP) is 2.80. The summed E-state index contributed by atoms with van der Waals surface area (Å²) in [7, 11) is 0. The second-order valence-electron chi connectivity index (χ2n) is 5.21. The van der Waals surface area contributed by atoms with Gasteiger partial charge in [0.05, 0.1) is 17.3 Å². The fourth-order valence-corrected chi connectivity index (χ4v) is 2.50. The van der Waals surface area contributed by atoms with Gasteiger partial charge in [0.2, 0.25) is 0 Å². The fraction of sp³-hybridized carbons (Fsp3) is 0.176. The number of nitrogens with two attached hydrogens (primary N) is 1. The zero-order valence-corrected chi connectivity index (χ0v) is 12.2. The highest BCUT2D eigenvalue weighted by molar-refractivity contribution is 5.79. The fourth-order valence-electron chi connectivity index (χ4n) is 2.50. The summed E-state index contributed by atoms with van der Waals surface area (Å²) in [5.74, 6) is 5.75. The molecule has 0 radical (unpaired) electrons. The van der Waals surface area contributed by atoms with Gasteiger partial charge in [-0.2, -0.15) is 0 Å². The van der Waals surface area contributed by atoms with Gasteiger partial charge in [-0.3, -0.25) is 15.8 Å². The van der Waals surface area contributed by atoms with E-state index in [9.17, 15) is 0 Å². The summed E-state index contributed by atoms with van der Waals surface area (Å²) >= 11 is 0. The molecule has 3 rings (SSSR count). The molecule has 0 amide bonds. The van der Waals surface area contributed by atoms with Gasteiger partial charge in [-0.15, -0.1) is 0 Å². The maximum Gasteiger partial charge on any atom is 0.0881 e. The zero-order chi connectivity index (χ0) is 14.8. The van der Waals surface area contributed by atoms with Crippen molar-refractivity contribution in [2.45, 2.75) is 19.9 Å². The number of hydrazine groups is 1. The maximum absolute atomic E-state index is 5.75. The summed E-state index contributed by atoms with van der Waals surface area (Å²) in [5.41, 5.74) is 7.83. The van der Waals surface area contributed by atoms with Crippen LogP contribution in [0.25, 0.3) is 10.9 Å². The molecule has 0 aliphatic heterocycles. The molecule has 0 aliphatic rings. The number of nitrogens with one attached hydrogen (secondary N) is 1. The highest BCUT2D eigenvalue weighted by atomic mass is 15.2. The Kier molecular flexibility index (Phi) is 3.64. The Bertz CT molecular complexity index is 783. The summed E-state index contributed by atoms with van der Waals surface area (Å²) in [5, 5.41) is 1.10. The third kappa shape index (κ3) is 2.77. The van der Waals surface area contributed by atoms with Crippen molar-refractivity contribution < 1.29 is 0 Å². The Morgan fingerprint density at radius 1 is 0.952 bits per heavy atom. The van der Waals surface area contributed by atoms with Crippen molar-refractivity contribution in [2.75, 3.05) is 0 Å². The van der Waals surface area contributed by atoms with E-state index in [2.05, 4.69) is 27.5 Å². The van der Waals surface area contributed by atoms with E-state index in [1.165, 1.54) is 0 Å². The van der Waals surface area contributed by atoms with Gasteiger partial charge < -0.3 is 0 Å². The summed E-state index contributed by atoms with van der Waals surface area (Å²) in [4.78, 5) is 9.08. The molecule has 0 spiro atoms. The van der Waals surface area contributed by atoms with Crippen LogP contribution in [0.3, 0.4) is 0 Å². The molecule has 1 unspecified atom stereocenters. The van der Waals surface area contributed by atoms with Gasteiger partial charge in [0.15, 0.2) is 0 Å². The van der Waals surface area contributed by atoms with Crippen LogP contribution in [0, 0.1) is 13.8 Å². The lowest BCUT2D eigenvalue weighted by Crippen LogP contribution is -2.29. The van der Waals surface area contributed by atoms with Crippen molar-refractivity contribution >= 4 is 10.9 Å². The number of fused-ring (bicyclic) bond motifs is 1. The van der Waals surface area contributed by atoms with Gasteiger partial charge in [-0.05, 0) is 49.7 Å². The van der Waals surface area contributed by atoms with Gasteiger partial charge in [0, 0.05) is 16.8 Å². The minimum atomic E-state index is -0.129. The number of rotatable bonds is 3. The van der Waals surface area contributed by atoms with Crippen molar-refractivity contribution in [1.82, 2.24) is 15.4 Å². The summed E-state index contributed by atoms with van der Waals surface area (Å²) in [6.45, 7) is 3.97. The third-order valence-electron chi connectivity index (χ3n) is 3.56. The molecular weight excluding hydrogens is 260 g/mol. The van der Waals surface area contributed by atoms with Gasteiger partial charge >= 0.3 is 0 Å². The van der Waals surface area contributed by atoms with Crippen LogP contribution < -0.4 is 11.3 Å². The average molecular weight is 278 g/mol. The molecule has 0 bridgehead atoms. The number of hydrogen-bond donors (Lipinski definition) is 2. The number of pyridine rings is 2. The van der Waals surface area contributed by atoms with E-state index >= 15 is 0 Å². The van der Waals surface area contributed by atoms with Crippen molar-refractivity contribution in [3.05, 3.63) is 71.2 Å². The first kappa shape index (κ1) is 13.7. The molecule has 1 aromatic carbocycles. The first-order chi connectivity index (χ1) is 10.2. The Hall–Kier alpha value is -2.30. The third-order valence-corrected chi connectivity index (χ3v) is 3.56. The summed E-state index contributed by atoms with van der Waals surface area (Å²) < 4.78 is 0. The number of aromatic nitrogens is 2. The van der Waals surface area contributed by atoms with Gasteiger partial charge in [-0.25, -0.2) is 5.43 Å². The minimum Gasteiger partial charge on any atom is -0.271 e. The van der Waals surface area contributed by atoms with Crippen LogP contribution in [0.15, 0.2) is 48.5 Å². The normalized spacial score (nSPS) is 12.5. The van der Waals surface area contributed by atoms with Crippen LogP contribution in [0.4, 0.5) is 0 Å². The van der Waals surface area contributed by atoms with Gasteiger partial charge in [0.1, 0.15) is 0 Å². The van der Waals surface area contributed by atoms with Gasteiger partial charge in [-0.1, -0.05) is 18.2 Å². The lowest BCUT2D eigenvalue weighted by atomic mass is 10.0. The van der Waals surface area contributed by atoms with Crippen molar-refractivity contribution in [1.29, 1.82) is 0 Å². The largest absolute Gasteiger partial charge is 0.271 e. The molecule has 2 aromatic heterocycles. The molecule has 0 saturated carbocycles. The highest BCUT2D eigenvalue weighted by Crippen LogP contribution is 2.23. The average Bonchev–Trinajstić information content (AvgIpc) is 2.48. The number of nitrogens with zero attached hydrogens (tertiary/aromatic N) is 2. The van der Waals surface area contributed by atoms with Crippen molar-refractivity contribution in [3.8, 4) is 0 Å². The number of hydrogen-bond acceptors (Lipinski definition) is 4. The van der Waals surface area contributed by atoms with Crippen LogP contribution in [0.2, 0.25) is 0 Å². The molecule has 21 heavy (non-hydrogen) atoms. The smallest absolute Gasteiger partial charge is 0.0881 e. The lowest BCUT2D eigenvalue weighted by Gasteiger charge is -2.17. The summed E-state index contributed by atoms with van der Waals surface area (Å²) in [6, 6.07) is 16.1. The van der Waals surface area contributed by atoms with E-state index < -0.39 is 0 Å². The van der Waals surface area contributed by atoms with Crippen molar-refractivity contribution in [2.24, 2.45) is 5.84 Å². The van der Waals surface area contributed by atoms with Crippen LogP contribution in [0.5, 0.6) is 0 Å². The molecule has 0 saturated heterocycles. The molecule has 1 atom stereocenters. The molecule has 0 aliphatic carbocycles. The van der Waals surface area contributed by atoms with E-state index in [1.54, 1.807) is 0 Å². The van der Waals surface area contributed by atoms with Crippen molar-refractivity contribution in [3.63, 3.8) is 0 Å². The lowest BCUT2D eigenvalue weighted by molar-refractivity contribution is 0.620. The molecular formula is C17H18N4. The first-order valence-electron chi connectivity index (χ1n) is 6.94. The van der Waals surface area contributed by atoms with Gasteiger partial charge in [0.25, 0.3) is 0 Å². The summed E-state index contributed by atoms with van der Waals surface area (Å²) in [6.07, 6.45) is 0. The Labute approximate surface area is 124 Å². The van der Waals surface area contributed by atoms with E-state index in [0.29, 0.717) is 0 Å². The topological polar surface area (TPSA) is 63.8 Å². The Morgan fingerprint density at radius 3 is 2.52 bits per heavy atom. The molecule has 0 fully saturated rings.